The third-order valence-electron chi connectivity index (χ3n) is 9.43. The first-order valence-corrected chi connectivity index (χ1v) is 21.7. The second-order valence-corrected chi connectivity index (χ2v) is 15.9. The molecule has 7 N–H and O–H groups in total. The molecule has 0 aliphatic carbocycles. The van der Waals surface area contributed by atoms with Gasteiger partial charge in [0.05, 0.1) is 58.8 Å². The van der Waals surface area contributed by atoms with Crippen molar-refractivity contribution in [3.8, 4) is 28.3 Å². The van der Waals surface area contributed by atoms with Crippen molar-refractivity contribution >= 4 is 58.3 Å². The molecule has 5 aromatic heterocycles. The smallest absolute Gasteiger partial charge is 0.427 e. The van der Waals surface area contributed by atoms with Crippen LogP contribution in [-0.2, 0) is 4.79 Å². The number of nitrogen functional groups attached to an aromatic ring is 2. The van der Waals surface area contributed by atoms with E-state index < -0.39 is 7.12 Å². The molecule has 18 heteroatoms. The van der Waals surface area contributed by atoms with E-state index in [1.807, 2.05) is 84.9 Å². The summed E-state index contributed by atoms with van der Waals surface area (Å²) in [6.07, 6.45) is 11.0. The Morgan fingerprint density at radius 2 is 1.15 bits per heavy atom. The van der Waals surface area contributed by atoms with E-state index in [0.717, 1.165) is 66.5 Å². The molecule has 68 heavy (non-hydrogen) atoms. The molecule has 16 nitrogen and oxygen atoms in total. The monoisotopic (exact) mass is 977 g/mol. The number of nitrogens with two attached hydrogens (primary N) is 2. The fourth-order valence-electron chi connectivity index (χ4n) is 6.02. The number of nitrogens with one attached hydrogen (secondary N) is 1. The second kappa shape index (κ2) is 26.4. The van der Waals surface area contributed by atoms with E-state index in [0.29, 0.717) is 40.7 Å². The number of aryl methyl sites for hydroxylation is 8. The van der Waals surface area contributed by atoms with Crippen molar-refractivity contribution < 1.29 is 24.4 Å². The van der Waals surface area contributed by atoms with Gasteiger partial charge in [-0.2, -0.15) is 0 Å². The lowest BCUT2D eigenvalue weighted by Crippen LogP contribution is -2.29. The molecule has 0 saturated heterocycles. The first-order valence-electron chi connectivity index (χ1n) is 20.9. The average Bonchev–Trinajstić information content (AvgIpc) is 3.30. The van der Waals surface area contributed by atoms with Crippen molar-refractivity contribution in [1.29, 1.82) is 0 Å². The summed E-state index contributed by atoms with van der Waals surface area (Å²) in [7, 11) is -1.35. The van der Waals surface area contributed by atoms with E-state index in [9.17, 15) is 9.59 Å². The molecule has 5 heterocycles. The summed E-state index contributed by atoms with van der Waals surface area (Å²) in [5.74, 6) is 1.62. The van der Waals surface area contributed by atoms with Crippen molar-refractivity contribution in [3.05, 3.63) is 183 Å². The van der Waals surface area contributed by atoms with E-state index in [2.05, 4.69) is 91.0 Å². The third kappa shape index (κ3) is 16.9. The van der Waals surface area contributed by atoms with Crippen LogP contribution in [0.3, 0.4) is 0 Å². The number of carbonyl (C=O) groups is 2. The molecule has 8 aromatic rings. The Morgan fingerprint density at radius 1 is 0.632 bits per heavy atom. The number of nitrogens with zero attached hydrogens (tertiary/aromatic N) is 8. The van der Waals surface area contributed by atoms with Gasteiger partial charge in [-0.3, -0.25) is 29.5 Å². The minimum atomic E-state index is -1.35. The van der Waals surface area contributed by atoms with Gasteiger partial charge in [-0.1, -0.05) is 77.4 Å². The van der Waals surface area contributed by atoms with Crippen molar-refractivity contribution in [3.63, 3.8) is 0 Å². The SMILES string of the molecule is Cc1cccc(-c2ncc(N)nc2C)c1.Cc1cccc(-c2ncc(NC(=O)c3cnccc3C)nc2C)c1.Cc1cccc(B(O)O)c1.Cc1ccncc1OC=O.Cc1nc(N)cnc1Br. The number of pyridine rings is 2. The van der Waals surface area contributed by atoms with E-state index in [1.165, 1.54) is 18.0 Å². The normalized spacial score (nSPS) is 9.93. The summed E-state index contributed by atoms with van der Waals surface area (Å²) in [5.41, 5.74) is 23.4. The van der Waals surface area contributed by atoms with Crippen LogP contribution in [0.2, 0.25) is 0 Å². The lowest BCUT2D eigenvalue weighted by Gasteiger charge is -2.09. The molecule has 0 unspecified atom stereocenters. The second-order valence-electron chi connectivity index (χ2n) is 15.1. The topological polar surface area (TPSA) is 251 Å². The average molecular weight is 979 g/mol. The predicted molar refractivity (Wildman–Crippen MR) is 271 cm³/mol. The number of amides is 1. The lowest BCUT2D eigenvalue weighted by atomic mass is 9.80. The summed E-state index contributed by atoms with van der Waals surface area (Å²) in [4.78, 5) is 55.2. The molecule has 3 aromatic carbocycles. The van der Waals surface area contributed by atoms with Crippen LogP contribution in [0, 0.1) is 55.4 Å². The molecular weight excluding hydrogens is 925 g/mol. The van der Waals surface area contributed by atoms with Crippen molar-refractivity contribution in [1.82, 2.24) is 39.9 Å². The van der Waals surface area contributed by atoms with Gasteiger partial charge in [0.25, 0.3) is 12.4 Å². The number of benzene rings is 3. The first-order chi connectivity index (χ1) is 32.4. The quantitative estimate of drug-likeness (QED) is 0.0755. The number of carbonyl (C=O) groups excluding carboxylic acids is 2. The number of rotatable bonds is 7. The number of halogens is 1. The Kier molecular flexibility index (Phi) is 20.5. The Morgan fingerprint density at radius 3 is 1.62 bits per heavy atom. The van der Waals surface area contributed by atoms with E-state index in [1.54, 1.807) is 61.3 Å². The van der Waals surface area contributed by atoms with Gasteiger partial charge in [-0.15, -0.1) is 0 Å². The highest BCUT2D eigenvalue weighted by Crippen LogP contribution is 2.23. The zero-order valence-corrected chi connectivity index (χ0v) is 40.6. The van der Waals surface area contributed by atoms with E-state index in [4.69, 9.17) is 21.5 Å². The Labute approximate surface area is 404 Å². The first kappa shape index (κ1) is 52.8. The maximum Gasteiger partial charge on any atom is 0.488 e. The molecule has 0 radical (unpaired) electrons. The number of anilines is 3. The zero-order valence-electron chi connectivity index (χ0n) is 39.0. The van der Waals surface area contributed by atoms with Crippen LogP contribution in [0.25, 0.3) is 22.5 Å². The molecule has 1 amide bonds. The van der Waals surface area contributed by atoms with Crippen molar-refractivity contribution in [2.45, 2.75) is 55.4 Å². The van der Waals surface area contributed by atoms with Crippen LogP contribution in [-0.4, -0.2) is 69.4 Å². The molecule has 0 bridgehead atoms. The van der Waals surface area contributed by atoms with Gasteiger partial charge in [0.2, 0.25) is 0 Å². The predicted octanol–water partition coefficient (Wildman–Crippen LogP) is 7.79. The molecule has 0 fully saturated rings. The molecule has 0 aliphatic heterocycles. The highest BCUT2D eigenvalue weighted by atomic mass is 79.9. The van der Waals surface area contributed by atoms with Gasteiger partial charge >= 0.3 is 7.12 Å². The summed E-state index contributed by atoms with van der Waals surface area (Å²) in [5, 5.41) is 20.2. The summed E-state index contributed by atoms with van der Waals surface area (Å²) in [6.45, 7) is 15.8. The molecule has 0 atom stereocenters. The minimum Gasteiger partial charge on any atom is -0.427 e. The molecule has 0 aliphatic rings. The number of hydrogen-bond donors (Lipinski definition) is 5. The molecule has 0 saturated carbocycles. The highest BCUT2D eigenvalue weighted by Gasteiger charge is 2.13. The van der Waals surface area contributed by atoms with Crippen LogP contribution in [0.15, 0.2) is 133 Å². The fraction of sp³-hybridized carbons (Fsp3) is 0.160. The van der Waals surface area contributed by atoms with Crippen molar-refractivity contribution in [2.24, 2.45) is 0 Å². The fourth-order valence-corrected chi connectivity index (χ4v) is 6.21. The number of hydrogen-bond acceptors (Lipinski definition) is 15. The minimum absolute atomic E-state index is 0.238. The van der Waals surface area contributed by atoms with Gasteiger partial charge in [0.15, 0.2) is 11.6 Å². The largest absolute Gasteiger partial charge is 0.488 e. The molecule has 8 rings (SSSR count). The zero-order chi connectivity index (χ0) is 49.8. The Balaban J connectivity index is 0.000000197. The maximum absolute atomic E-state index is 12.3. The summed E-state index contributed by atoms with van der Waals surface area (Å²) < 4.78 is 5.34. The molecule has 0 spiro atoms. The standard InChI is InChI=1S/C19H18N4O.C12H13N3.C7H9BO2.C7H7NO2.C5H6BrN3/c1-12-5-4-6-15(9-12)18-14(3)22-17(11-21-18)23-19(24)16-10-20-8-7-13(16)2;1-8-4-3-5-10(6-8)12-9(2)15-11(13)7-14-12;1-6-3-2-4-7(5-6)8(9)10;1-6-2-3-8-4-7(6)10-5-9;1-3-5(6)8-2-4(7)9-3/h4-11H,1-3H3,(H,22,23,24);3-7H,1-2H3,(H2,13,15);2-5,9-10H,1H3;2-5H,1H3;2H,1H3,(H2,7,9). The lowest BCUT2D eigenvalue weighted by molar-refractivity contribution is -0.120. The molecular formula is C50H53BBrN11O5. The van der Waals surface area contributed by atoms with Crippen molar-refractivity contribution in [2.75, 3.05) is 16.8 Å². The highest BCUT2D eigenvalue weighted by molar-refractivity contribution is 9.10. The third-order valence-corrected chi connectivity index (χ3v) is 10.2. The van der Waals surface area contributed by atoms with Crippen LogP contribution in [0.1, 0.15) is 55.3 Å². The Bertz CT molecular complexity index is 2940. The van der Waals surface area contributed by atoms with Crippen LogP contribution in [0.5, 0.6) is 5.75 Å². The van der Waals surface area contributed by atoms with Gasteiger partial charge in [0.1, 0.15) is 16.2 Å². The van der Waals surface area contributed by atoms with E-state index >= 15 is 0 Å². The van der Waals surface area contributed by atoms with Crippen LogP contribution in [0.4, 0.5) is 17.5 Å². The van der Waals surface area contributed by atoms with Gasteiger partial charge in [-0.25, -0.2) is 19.9 Å². The molecule has 348 valence electrons. The van der Waals surface area contributed by atoms with Gasteiger partial charge in [0, 0.05) is 29.7 Å². The number of aromatic nitrogens is 8. The van der Waals surface area contributed by atoms with Gasteiger partial charge in [-0.05, 0) is 112 Å². The number of ether oxygens (including phenoxy) is 1. The van der Waals surface area contributed by atoms with Crippen LogP contribution < -0.4 is 27.0 Å². The summed E-state index contributed by atoms with van der Waals surface area (Å²) in [6, 6.07) is 27.0. The van der Waals surface area contributed by atoms with Crippen LogP contribution >= 0.6 is 15.9 Å². The maximum atomic E-state index is 12.3. The summed E-state index contributed by atoms with van der Waals surface area (Å²) >= 11 is 3.20. The van der Waals surface area contributed by atoms with E-state index in [-0.39, 0.29) is 5.91 Å². The van der Waals surface area contributed by atoms with Gasteiger partial charge < -0.3 is 31.6 Å². The Hall–Kier alpha value is -7.80.